The van der Waals surface area contributed by atoms with E-state index in [0.29, 0.717) is 0 Å². The Hall–Kier alpha value is -2.20. The molecule has 0 aliphatic carbocycles. The molecule has 108 valence electrons. The standard InChI is InChI=1S/C17H20N4/c1-3-8-19-17(14-7-5-4-6-13(14)2)15-11-20-21-10-9-18-12-16(15)21/h4-7,9-12,17,19H,3,8H2,1-2H3. The third kappa shape index (κ3) is 2.67. The summed E-state index contributed by atoms with van der Waals surface area (Å²) in [6.07, 6.45) is 8.55. The van der Waals surface area contributed by atoms with E-state index in [1.807, 2.05) is 23.1 Å². The monoisotopic (exact) mass is 280 g/mol. The van der Waals surface area contributed by atoms with Crippen LogP contribution in [-0.4, -0.2) is 21.1 Å². The third-order valence-corrected chi connectivity index (χ3v) is 3.76. The summed E-state index contributed by atoms with van der Waals surface area (Å²) in [5.41, 5.74) is 4.80. The van der Waals surface area contributed by atoms with Gasteiger partial charge in [-0.1, -0.05) is 31.2 Å². The fraction of sp³-hybridized carbons (Fsp3) is 0.294. The van der Waals surface area contributed by atoms with Crippen LogP contribution in [0, 0.1) is 6.92 Å². The highest BCUT2D eigenvalue weighted by molar-refractivity contribution is 5.56. The summed E-state index contributed by atoms with van der Waals surface area (Å²) in [6.45, 7) is 5.30. The van der Waals surface area contributed by atoms with Gasteiger partial charge in [0.2, 0.25) is 0 Å². The molecule has 2 heterocycles. The van der Waals surface area contributed by atoms with Crippen molar-refractivity contribution in [3.63, 3.8) is 0 Å². The van der Waals surface area contributed by atoms with Crippen LogP contribution in [0.25, 0.3) is 5.52 Å². The molecular weight excluding hydrogens is 260 g/mol. The molecule has 3 aromatic rings. The molecule has 4 nitrogen and oxygen atoms in total. The number of fused-ring (bicyclic) bond motifs is 1. The van der Waals surface area contributed by atoms with Crippen molar-refractivity contribution in [2.45, 2.75) is 26.3 Å². The Morgan fingerprint density at radius 1 is 1.19 bits per heavy atom. The highest BCUT2D eigenvalue weighted by Gasteiger charge is 2.19. The molecule has 0 aliphatic rings. The van der Waals surface area contributed by atoms with Gasteiger partial charge in [-0.15, -0.1) is 0 Å². The van der Waals surface area contributed by atoms with Crippen LogP contribution in [0.4, 0.5) is 0 Å². The minimum absolute atomic E-state index is 0.146. The Kier molecular flexibility index (Phi) is 3.97. The van der Waals surface area contributed by atoms with E-state index in [0.717, 1.165) is 18.5 Å². The van der Waals surface area contributed by atoms with E-state index in [2.05, 4.69) is 53.5 Å². The average molecular weight is 280 g/mol. The van der Waals surface area contributed by atoms with E-state index in [1.54, 1.807) is 6.20 Å². The van der Waals surface area contributed by atoms with Crippen LogP contribution in [0.5, 0.6) is 0 Å². The highest BCUT2D eigenvalue weighted by Crippen LogP contribution is 2.27. The lowest BCUT2D eigenvalue weighted by Gasteiger charge is -2.20. The molecule has 1 atom stereocenters. The summed E-state index contributed by atoms with van der Waals surface area (Å²) in [6, 6.07) is 8.65. The van der Waals surface area contributed by atoms with E-state index in [9.17, 15) is 0 Å². The topological polar surface area (TPSA) is 42.2 Å². The number of benzene rings is 1. The molecule has 0 saturated heterocycles. The van der Waals surface area contributed by atoms with Gasteiger partial charge in [0, 0.05) is 18.0 Å². The molecule has 0 amide bonds. The fourth-order valence-corrected chi connectivity index (χ4v) is 2.66. The molecule has 1 N–H and O–H groups in total. The van der Waals surface area contributed by atoms with Crippen molar-refractivity contribution in [1.29, 1.82) is 0 Å². The Balaban J connectivity index is 2.09. The SMILES string of the molecule is CCCNC(c1ccccc1C)c1cnn2ccncc12. The first kappa shape index (κ1) is 13.8. The average Bonchev–Trinajstić information content (AvgIpc) is 2.93. The van der Waals surface area contributed by atoms with Gasteiger partial charge in [0.25, 0.3) is 0 Å². The number of rotatable bonds is 5. The molecule has 0 spiro atoms. The lowest BCUT2D eigenvalue weighted by Crippen LogP contribution is -2.23. The van der Waals surface area contributed by atoms with Crippen LogP contribution in [0.1, 0.15) is 36.1 Å². The largest absolute Gasteiger partial charge is 0.306 e. The van der Waals surface area contributed by atoms with E-state index in [4.69, 9.17) is 0 Å². The van der Waals surface area contributed by atoms with Crippen molar-refractivity contribution in [1.82, 2.24) is 19.9 Å². The number of nitrogens with zero attached hydrogens (tertiary/aromatic N) is 3. The van der Waals surface area contributed by atoms with Crippen LogP contribution >= 0.6 is 0 Å². The van der Waals surface area contributed by atoms with Gasteiger partial charge in [-0.25, -0.2) is 4.52 Å². The molecule has 2 aromatic heterocycles. The van der Waals surface area contributed by atoms with Gasteiger partial charge >= 0.3 is 0 Å². The van der Waals surface area contributed by atoms with Crippen molar-refractivity contribution in [2.75, 3.05) is 6.54 Å². The van der Waals surface area contributed by atoms with Crippen LogP contribution in [0.15, 0.2) is 49.1 Å². The Morgan fingerprint density at radius 3 is 2.86 bits per heavy atom. The second-order valence-electron chi connectivity index (χ2n) is 5.25. The van der Waals surface area contributed by atoms with E-state index < -0.39 is 0 Å². The smallest absolute Gasteiger partial charge is 0.0896 e. The predicted octanol–water partition coefficient (Wildman–Crippen LogP) is 3.13. The minimum atomic E-state index is 0.146. The molecule has 0 radical (unpaired) electrons. The molecule has 3 rings (SSSR count). The van der Waals surface area contributed by atoms with Crippen LogP contribution in [0.2, 0.25) is 0 Å². The van der Waals surface area contributed by atoms with Crippen molar-refractivity contribution in [3.05, 3.63) is 65.7 Å². The predicted molar refractivity (Wildman–Crippen MR) is 84.3 cm³/mol. The quantitative estimate of drug-likeness (QED) is 0.780. The molecule has 1 unspecified atom stereocenters. The maximum absolute atomic E-state index is 4.44. The third-order valence-electron chi connectivity index (χ3n) is 3.76. The number of nitrogens with one attached hydrogen (secondary N) is 1. The van der Waals surface area contributed by atoms with Crippen molar-refractivity contribution in [2.24, 2.45) is 0 Å². The molecule has 1 aromatic carbocycles. The summed E-state index contributed by atoms with van der Waals surface area (Å²) in [5, 5.41) is 8.08. The zero-order valence-corrected chi connectivity index (χ0v) is 12.5. The number of aryl methyl sites for hydroxylation is 1. The lowest BCUT2D eigenvalue weighted by atomic mass is 9.96. The molecule has 21 heavy (non-hydrogen) atoms. The molecule has 0 saturated carbocycles. The Bertz CT molecular complexity index is 732. The van der Waals surface area contributed by atoms with Gasteiger partial charge in [0.05, 0.1) is 24.0 Å². The maximum atomic E-state index is 4.44. The second-order valence-corrected chi connectivity index (χ2v) is 5.25. The first-order chi connectivity index (χ1) is 10.3. The Morgan fingerprint density at radius 2 is 2.05 bits per heavy atom. The molecular formula is C17H20N4. The van der Waals surface area contributed by atoms with Gasteiger partial charge in [-0.2, -0.15) is 5.10 Å². The fourth-order valence-electron chi connectivity index (χ4n) is 2.66. The van der Waals surface area contributed by atoms with E-state index >= 15 is 0 Å². The number of hydrogen-bond acceptors (Lipinski definition) is 3. The summed E-state index contributed by atoms with van der Waals surface area (Å²) in [4.78, 5) is 4.24. The van der Waals surface area contributed by atoms with E-state index in [-0.39, 0.29) is 6.04 Å². The van der Waals surface area contributed by atoms with Crippen LogP contribution in [-0.2, 0) is 0 Å². The summed E-state index contributed by atoms with van der Waals surface area (Å²) in [5.74, 6) is 0. The normalized spacial score (nSPS) is 12.7. The molecule has 0 aliphatic heterocycles. The number of aromatic nitrogens is 3. The molecule has 4 heteroatoms. The summed E-state index contributed by atoms with van der Waals surface area (Å²) >= 11 is 0. The van der Waals surface area contributed by atoms with Gasteiger partial charge in [0.15, 0.2) is 0 Å². The van der Waals surface area contributed by atoms with Gasteiger partial charge in [0.1, 0.15) is 0 Å². The first-order valence-corrected chi connectivity index (χ1v) is 7.37. The van der Waals surface area contributed by atoms with Crippen LogP contribution in [0.3, 0.4) is 0 Å². The minimum Gasteiger partial charge on any atom is -0.306 e. The lowest BCUT2D eigenvalue weighted by molar-refractivity contribution is 0.599. The van der Waals surface area contributed by atoms with E-state index in [1.165, 1.54) is 16.7 Å². The summed E-state index contributed by atoms with van der Waals surface area (Å²) in [7, 11) is 0. The molecule has 0 bridgehead atoms. The van der Waals surface area contributed by atoms with Crippen molar-refractivity contribution in [3.8, 4) is 0 Å². The summed E-state index contributed by atoms with van der Waals surface area (Å²) < 4.78 is 1.88. The van der Waals surface area contributed by atoms with Gasteiger partial charge in [-0.3, -0.25) is 4.98 Å². The zero-order valence-electron chi connectivity index (χ0n) is 12.5. The van der Waals surface area contributed by atoms with Crippen LogP contribution < -0.4 is 5.32 Å². The van der Waals surface area contributed by atoms with Crippen molar-refractivity contribution < 1.29 is 0 Å². The molecule has 0 fully saturated rings. The second kappa shape index (κ2) is 6.06. The number of hydrogen-bond donors (Lipinski definition) is 1. The van der Waals surface area contributed by atoms with Gasteiger partial charge < -0.3 is 5.32 Å². The maximum Gasteiger partial charge on any atom is 0.0896 e. The first-order valence-electron chi connectivity index (χ1n) is 7.37. The van der Waals surface area contributed by atoms with Crippen molar-refractivity contribution >= 4 is 5.52 Å². The highest BCUT2D eigenvalue weighted by atomic mass is 15.2. The zero-order chi connectivity index (χ0) is 14.7. The van der Waals surface area contributed by atoms with Gasteiger partial charge in [-0.05, 0) is 31.0 Å². The Labute approximate surface area is 124 Å².